The summed E-state index contributed by atoms with van der Waals surface area (Å²) in [4.78, 5) is 24.6. The summed E-state index contributed by atoms with van der Waals surface area (Å²) in [7, 11) is 0. The summed E-state index contributed by atoms with van der Waals surface area (Å²) in [5, 5.41) is 0. The molecule has 1 aromatic carbocycles. The Bertz CT molecular complexity index is 602. The molecule has 1 aliphatic rings. The van der Waals surface area contributed by atoms with Crippen LogP contribution in [-0.2, 0) is 9.53 Å². The van der Waals surface area contributed by atoms with Crippen LogP contribution in [0.25, 0.3) is 0 Å². The molecule has 5 nitrogen and oxygen atoms in total. The predicted molar refractivity (Wildman–Crippen MR) is 103 cm³/mol. The van der Waals surface area contributed by atoms with Gasteiger partial charge in [0, 0.05) is 12.8 Å². The monoisotopic (exact) mass is 476 g/mol. The number of ether oxygens (including phenoxy) is 2. The SMILES string of the molecule is CC(C)(C)OC(=O)[NH+]1CCC(c2ccc(OC(=O)C(Br)Br)cc2)CC1. The number of quaternary nitrogens is 1. The van der Waals surface area contributed by atoms with Crippen molar-refractivity contribution in [2.75, 3.05) is 13.1 Å². The fraction of sp³-hybridized carbons (Fsp3) is 0.556. The van der Waals surface area contributed by atoms with E-state index in [0.717, 1.165) is 30.8 Å². The van der Waals surface area contributed by atoms with Crippen molar-refractivity contribution < 1.29 is 24.0 Å². The van der Waals surface area contributed by atoms with Crippen LogP contribution in [0.2, 0.25) is 0 Å². The number of alkyl carbamates (subject to hydrolysis) is 2. The Morgan fingerprint density at radius 2 is 1.68 bits per heavy atom. The van der Waals surface area contributed by atoms with Gasteiger partial charge in [-0.25, -0.2) is 9.69 Å². The van der Waals surface area contributed by atoms with Gasteiger partial charge in [-0.3, -0.25) is 0 Å². The average molecular weight is 478 g/mol. The summed E-state index contributed by atoms with van der Waals surface area (Å²) in [6.45, 7) is 7.20. The Balaban J connectivity index is 1.88. The lowest BCUT2D eigenvalue weighted by atomic mass is 9.89. The maximum atomic E-state index is 12.1. The molecule has 1 amide bonds. The lowest BCUT2D eigenvalue weighted by Gasteiger charge is -2.29. The Morgan fingerprint density at radius 1 is 1.12 bits per heavy atom. The summed E-state index contributed by atoms with van der Waals surface area (Å²) in [6, 6.07) is 7.60. The van der Waals surface area contributed by atoms with Gasteiger partial charge in [-0.15, -0.1) is 0 Å². The van der Waals surface area contributed by atoms with Crippen molar-refractivity contribution in [3.05, 3.63) is 29.8 Å². The van der Waals surface area contributed by atoms with Gasteiger partial charge >= 0.3 is 12.1 Å². The number of hydrogen-bond donors (Lipinski definition) is 1. The molecule has 1 N–H and O–H groups in total. The maximum absolute atomic E-state index is 12.1. The van der Waals surface area contributed by atoms with Gasteiger partial charge in [0.2, 0.25) is 0 Å². The molecular weight excluding hydrogens is 454 g/mol. The van der Waals surface area contributed by atoms with Gasteiger partial charge < -0.3 is 9.47 Å². The number of esters is 1. The molecule has 138 valence electrons. The molecule has 0 atom stereocenters. The predicted octanol–water partition coefficient (Wildman–Crippen LogP) is 3.41. The van der Waals surface area contributed by atoms with Crippen LogP contribution in [0.15, 0.2) is 24.3 Å². The van der Waals surface area contributed by atoms with Gasteiger partial charge in [-0.2, -0.15) is 4.79 Å². The molecule has 1 aromatic rings. The normalized spacial score (nSPS) is 21.0. The number of halogens is 2. The summed E-state index contributed by atoms with van der Waals surface area (Å²) < 4.78 is 10.2. The Kier molecular flexibility index (Phi) is 7.05. The van der Waals surface area contributed by atoms with Crippen LogP contribution in [0.4, 0.5) is 4.79 Å². The van der Waals surface area contributed by atoms with E-state index in [2.05, 4.69) is 31.9 Å². The average Bonchev–Trinajstić information content (AvgIpc) is 2.54. The van der Waals surface area contributed by atoms with Crippen molar-refractivity contribution >= 4 is 43.9 Å². The fourth-order valence-electron chi connectivity index (χ4n) is 2.82. The van der Waals surface area contributed by atoms with Crippen molar-refractivity contribution in [3.8, 4) is 5.75 Å². The zero-order chi connectivity index (χ0) is 18.6. The van der Waals surface area contributed by atoms with Gasteiger partial charge in [0.15, 0.2) is 3.74 Å². The highest BCUT2D eigenvalue weighted by atomic mass is 79.9. The maximum Gasteiger partial charge on any atom is 0.514 e. The Labute approximate surface area is 165 Å². The fourth-order valence-corrected chi connectivity index (χ4v) is 3.01. The van der Waals surface area contributed by atoms with Crippen molar-refractivity contribution in [1.82, 2.24) is 0 Å². The van der Waals surface area contributed by atoms with Crippen molar-refractivity contribution in [2.24, 2.45) is 0 Å². The van der Waals surface area contributed by atoms with Crippen LogP contribution in [0, 0.1) is 0 Å². The highest BCUT2D eigenvalue weighted by molar-refractivity contribution is 9.25. The lowest BCUT2D eigenvalue weighted by molar-refractivity contribution is -0.831. The first kappa shape index (κ1) is 20.4. The molecule has 0 radical (unpaired) electrons. The summed E-state index contributed by atoms with van der Waals surface area (Å²) in [6.07, 6.45) is 1.70. The minimum Gasteiger partial charge on any atom is -0.425 e. The number of benzene rings is 1. The molecule has 2 rings (SSSR count). The number of hydrogen-bond acceptors (Lipinski definition) is 4. The highest BCUT2D eigenvalue weighted by Gasteiger charge is 2.32. The number of alkyl halides is 2. The van der Waals surface area contributed by atoms with E-state index < -0.39 is 9.34 Å². The van der Waals surface area contributed by atoms with Gasteiger partial charge in [0.05, 0.1) is 13.1 Å². The topological polar surface area (TPSA) is 57.0 Å². The minimum absolute atomic E-state index is 0.160. The standard InChI is InChI=1S/C18H23Br2NO4/c1-18(2,3)25-17(23)21-10-8-13(9-11-21)12-4-6-14(7-5-12)24-16(22)15(19)20/h4-7,13,15H,8-11H2,1-3H3/p+1. The highest BCUT2D eigenvalue weighted by Crippen LogP contribution is 2.26. The first-order valence-corrected chi connectivity index (χ1v) is 10.2. The number of carbonyl (C=O) groups excluding carboxylic acids is 2. The number of likely N-dealkylation sites (tertiary alicyclic amines) is 1. The molecule has 0 bridgehead atoms. The second-order valence-corrected chi connectivity index (χ2v) is 10.2. The Hall–Kier alpha value is -0.920. The van der Waals surface area contributed by atoms with Crippen LogP contribution in [0.1, 0.15) is 45.1 Å². The number of rotatable bonds is 3. The quantitative estimate of drug-likeness (QED) is 0.411. The Morgan fingerprint density at radius 3 is 2.16 bits per heavy atom. The summed E-state index contributed by atoms with van der Waals surface area (Å²) in [5.74, 6) is 0.549. The van der Waals surface area contributed by atoms with E-state index in [1.165, 1.54) is 5.56 Å². The number of carbonyl (C=O) groups is 2. The van der Waals surface area contributed by atoms with Gasteiger partial charge in [0.1, 0.15) is 11.4 Å². The second-order valence-electron chi connectivity index (χ2n) is 7.17. The zero-order valence-corrected chi connectivity index (χ0v) is 17.9. The van der Waals surface area contributed by atoms with E-state index >= 15 is 0 Å². The lowest BCUT2D eigenvalue weighted by Crippen LogP contribution is -3.15. The van der Waals surface area contributed by atoms with E-state index in [9.17, 15) is 9.59 Å². The summed E-state index contributed by atoms with van der Waals surface area (Å²) >= 11 is 6.22. The molecule has 0 aliphatic carbocycles. The molecule has 1 saturated heterocycles. The van der Waals surface area contributed by atoms with E-state index in [4.69, 9.17) is 9.47 Å². The molecule has 1 heterocycles. The van der Waals surface area contributed by atoms with E-state index in [-0.39, 0.29) is 12.1 Å². The summed E-state index contributed by atoms with van der Waals surface area (Å²) in [5.41, 5.74) is 0.759. The molecule has 0 aromatic heterocycles. The van der Waals surface area contributed by atoms with Crippen LogP contribution >= 0.6 is 31.9 Å². The largest absolute Gasteiger partial charge is 0.514 e. The van der Waals surface area contributed by atoms with Gasteiger partial charge in [-0.05, 0) is 44.4 Å². The number of nitrogens with one attached hydrogen (secondary N) is 1. The first-order valence-electron chi connectivity index (χ1n) is 8.33. The molecule has 0 spiro atoms. The zero-order valence-electron chi connectivity index (χ0n) is 14.7. The molecule has 25 heavy (non-hydrogen) atoms. The molecule has 0 saturated carbocycles. The third kappa shape index (κ3) is 6.38. The van der Waals surface area contributed by atoms with Gasteiger partial charge in [-0.1, -0.05) is 44.0 Å². The molecule has 1 aliphatic heterocycles. The van der Waals surface area contributed by atoms with E-state index in [1.54, 1.807) is 0 Å². The number of piperidine rings is 1. The first-order chi connectivity index (χ1) is 11.7. The van der Waals surface area contributed by atoms with Crippen molar-refractivity contribution in [1.29, 1.82) is 0 Å². The van der Waals surface area contributed by atoms with Crippen molar-refractivity contribution in [2.45, 2.75) is 48.9 Å². The third-order valence-electron chi connectivity index (χ3n) is 4.02. The van der Waals surface area contributed by atoms with Crippen LogP contribution < -0.4 is 9.64 Å². The number of amides is 1. The van der Waals surface area contributed by atoms with Crippen LogP contribution in [-0.4, -0.2) is 34.5 Å². The third-order valence-corrected chi connectivity index (χ3v) is 4.77. The molecule has 0 unspecified atom stereocenters. The van der Waals surface area contributed by atoms with Crippen LogP contribution in [0.5, 0.6) is 5.75 Å². The minimum atomic E-state index is -0.514. The van der Waals surface area contributed by atoms with Gasteiger partial charge in [0.25, 0.3) is 0 Å². The molecule has 1 fully saturated rings. The molecule has 7 heteroatoms. The van der Waals surface area contributed by atoms with Crippen molar-refractivity contribution in [3.63, 3.8) is 0 Å². The van der Waals surface area contributed by atoms with Crippen LogP contribution in [0.3, 0.4) is 0 Å². The van der Waals surface area contributed by atoms with E-state index in [0.29, 0.717) is 11.7 Å². The van der Waals surface area contributed by atoms with E-state index in [1.807, 2.05) is 45.0 Å². The second kappa shape index (κ2) is 8.64. The molecular formula is C18H24Br2NO4+. The smallest absolute Gasteiger partial charge is 0.425 e.